The van der Waals surface area contributed by atoms with Gasteiger partial charge in [0.05, 0.1) is 23.8 Å². The highest BCUT2D eigenvalue weighted by Crippen LogP contribution is 2.19. The lowest BCUT2D eigenvalue weighted by Gasteiger charge is -2.09. The topological polar surface area (TPSA) is 76.6 Å². The van der Waals surface area contributed by atoms with Crippen molar-refractivity contribution in [1.82, 2.24) is 19.5 Å². The van der Waals surface area contributed by atoms with E-state index >= 15 is 0 Å². The summed E-state index contributed by atoms with van der Waals surface area (Å²) in [6.45, 7) is 0.263. The third kappa shape index (κ3) is 3.46. The van der Waals surface area contributed by atoms with Crippen molar-refractivity contribution >= 4 is 11.0 Å². The van der Waals surface area contributed by atoms with Crippen molar-refractivity contribution < 1.29 is 9.13 Å². The van der Waals surface area contributed by atoms with Gasteiger partial charge in [0.1, 0.15) is 23.8 Å². The molecule has 7 heteroatoms. The van der Waals surface area contributed by atoms with Gasteiger partial charge in [-0.2, -0.15) is 10.2 Å². The maximum Gasteiger partial charge on any atom is 0.238 e. The molecule has 0 bridgehead atoms. The van der Waals surface area contributed by atoms with Gasteiger partial charge in [-0.1, -0.05) is 24.3 Å². The predicted molar refractivity (Wildman–Crippen MR) is 97.0 cm³/mol. The summed E-state index contributed by atoms with van der Waals surface area (Å²) in [5.74, 6) is 0.265. The first-order valence-electron chi connectivity index (χ1n) is 8.31. The van der Waals surface area contributed by atoms with Gasteiger partial charge in [0, 0.05) is 6.42 Å². The van der Waals surface area contributed by atoms with Gasteiger partial charge >= 0.3 is 0 Å². The molecule has 4 aromatic rings. The number of halogens is 1. The van der Waals surface area contributed by atoms with E-state index in [1.807, 2.05) is 36.4 Å². The van der Waals surface area contributed by atoms with Crippen LogP contribution in [-0.2, 0) is 6.42 Å². The SMILES string of the molecule is N#Cc1cnc(-n2cnc3ccccc32)nc1OCCc1cccc(F)c1. The second-order valence-corrected chi connectivity index (χ2v) is 5.83. The Bertz CT molecular complexity index is 1150. The number of fused-ring (bicyclic) bond motifs is 1. The zero-order valence-electron chi connectivity index (χ0n) is 14.2. The summed E-state index contributed by atoms with van der Waals surface area (Å²) in [5.41, 5.74) is 2.72. The van der Waals surface area contributed by atoms with Gasteiger partial charge < -0.3 is 4.74 Å². The number of ether oxygens (including phenoxy) is 1. The number of hydrogen-bond donors (Lipinski definition) is 0. The Kier molecular flexibility index (Phi) is 4.45. The molecule has 0 aliphatic heterocycles. The minimum Gasteiger partial charge on any atom is -0.476 e. The Morgan fingerprint density at radius 3 is 2.85 bits per heavy atom. The van der Waals surface area contributed by atoms with Gasteiger partial charge in [-0.05, 0) is 29.8 Å². The lowest BCUT2D eigenvalue weighted by Crippen LogP contribution is -2.08. The fourth-order valence-electron chi connectivity index (χ4n) is 2.74. The summed E-state index contributed by atoms with van der Waals surface area (Å²) in [6.07, 6.45) is 3.55. The number of nitrogens with zero attached hydrogens (tertiary/aromatic N) is 5. The van der Waals surface area contributed by atoms with Crippen LogP contribution in [0.4, 0.5) is 4.39 Å². The van der Waals surface area contributed by atoms with Gasteiger partial charge in [-0.15, -0.1) is 0 Å². The number of hydrogen-bond acceptors (Lipinski definition) is 5. The predicted octanol–water partition coefficient (Wildman–Crippen LogP) is 3.45. The molecule has 27 heavy (non-hydrogen) atoms. The molecule has 0 fully saturated rings. The summed E-state index contributed by atoms with van der Waals surface area (Å²) >= 11 is 0. The van der Waals surface area contributed by atoms with Crippen LogP contribution in [-0.4, -0.2) is 26.1 Å². The Morgan fingerprint density at radius 2 is 2.00 bits per heavy atom. The number of rotatable bonds is 5. The van der Waals surface area contributed by atoms with Crippen LogP contribution in [0.25, 0.3) is 17.0 Å². The third-order valence-corrected chi connectivity index (χ3v) is 4.05. The summed E-state index contributed by atoms with van der Waals surface area (Å²) in [7, 11) is 0. The first-order valence-corrected chi connectivity index (χ1v) is 8.31. The standard InChI is InChI=1S/C20H14FN5O/c21-16-5-3-4-14(10-16)8-9-27-19-15(11-22)12-23-20(25-19)26-13-24-17-6-1-2-7-18(17)26/h1-7,10,12-13H,8-9H2. The van der Waals surface area contributed by atoms with E-state index in [1.165, 1.54) is 18.3 Å². The molecule has 0 unspecified atom stereocenters. The van der Waals surface area contributed by atoms with Crippen LogP contribution >= 0.6 is 0 Å². The highest BCUT2D eigenvalue weighted by Gasteiger charge is 2.12. The first-order chi connectivity index (χ1) is 13.2. The monoisotopic (exact) mass is 359 g/mol. The van der Waals surface area contributed by atoms with Crippen LogP contribution in [0, 0.1) is 17.1 Å². The Hall–Kier alpha value is -3.79. The minimum absolute atomic E-state index is 0.191. The summed E-state index contributed by atoms with van der Waals surface area (Å²) in [4.78, 5) is 12.9. The van der Waals surface area contributed by atoms with Crippen LogP contribution in [0.3, 0.4) is 0 Å². The molecular formula is C20H14FN5O. The van der Waals surface area contributed by atoms with Crippen molar-refractivity contribution in [3.05, 3.63) is 78.0 Å². The van der Waals surface area contributed by atoms with Crippen LogP contribution in [0.15, 0.2) is 61.1 Å². The van der Waals surface area contributed by atoms with Crippen molar-refractivity contribution in [2.75, 3.05) is 6.61 Å². The fraction of sp³-hybridized carbons (Fsp3) is 0.100. The van der Waals surface area contributed by atoms with Crippen LogP contribution in [0.1, 0.15) is 11.1 Å². The molecule has 6 nitrogen and oxygen atoms in total. The van der Waals surface area contributed by atoms with E-state index in [2.05, 4.69) is 15.0 Å². The molecule has 2 aromatic carbocycles. The van der Waals surface area contributed by atoms with E-state index < -0.39 is 0 Å². The quantitative estimate of drug-likeness (QED) is 0.545. The van der Waals surface area contributed by atoms with Crippen LogP contribution in [0.2, 0.25) is 0 Å². The largest absolute Gasteiger partial charge is 0.476 e. The van der Waals surface area contributed by atoms with E-state index in [1.54, 1.807) is 17.0 Å². The molecule has 132 valence electrons. The molecule has 0 spiro atoms. The van der Waals surface area contributed by atoms with E-state index in [0.29, 0.717) is 12.4 Å². The maximum atomic E-state index is 13.3. The van der Waals surface area contributed by atoms with Crippen molar-refractivity contribution in [1.29, 1.82) is 5.26 Å². The first kappa shape index (κ1) is 16.7. The fourth-order valence-corrected chi connectivity index (χ4v) is 2.74. The number of nitriles is 1. The summed E-state index contributed by atoms with van der Waals surface area (Å²) < 4.78 is 20.7. The number of para-hydroxylation sites is 2. The van der Waals surface area contributed by atoms with E-state index in [0.717, 1.165) is 16.6 Å². The highest BCUT2D eigenvalue weighted by atomic mass is 19.1. The molecule has 0 radical (unpaired) electrons. The van der Waals surface area contributed by atoms with Crippen molar-refractivity contribution in [3.8, 4) is 17.9 Å². The van der Waals surface area contributed by atoms with Gasteiger partial charge in [0.2, 0.25) is 11.8 Å². The van der Waals surface area contributed by atoms with Gasteiger partial charge in [-0.25, -0.2) is 14.4 Å². The average Bonchev–Trinajstić information content (AvgIpc) is 3.12. The lowest BCUT2D eigenvalue weighted by molar-refractivity contribution is 0.307. The number of aromatic nitrogens is 4. The zero-order valence-corrected chi connectivity index (χ0v) is 14.2. The zero-order chi connectivity index (χ0) is 18.6. The Morgan fingerprint density at radius 1 is 1.11 bits per heavy atom. The van der Waals surface area contributed by atoms with Gasteiger partial charge in [-0.3, -0.25) is 4.57 Å². The molecule has 0 saturated heterocycles. The number of imidazole rings is 1. The maximum absolute atomic E-state index is 13.3. The second-order valence-electron chi connectivity index (χ2n) is 5.83. The normalized spacial score (nSPS) is 10.7. The van der Waals surface area contributed by atoms with Crippen molar-refractivity contribution in [2.24, 2.45) is 0 Å². The molecule has 0 aliphatic rings. The number of benzene rings is 2. The molecule has 2 heterocycles. The molecule has 0 amide bonds. The van der Waals surface area contributed by atoms with Crippen molar-refractivity contribution in [2.45, 2.75) is 6.42 Å². The van der Waals surface area contributed by atoms with Gasteiger partial charge in [0.25, 0.3) is 0 Å². The minimum atomic E-state index is -0.290. The summed E-state index contributed by atoms with van der Waals surface area (Å²) in [6, 6.07) is 16.0. The van der Waals surface area contributed by atoms with Gasteiger partial charge in [0.15, 0.2) is 0 Å². The van der Waals surface area contributed by atoms with E-state index in [4.69, 9.17) is 4.74 Å². The Labute approximate surface area is 154 Å². The highest BCUT2D eigenvalue weighted by molar-refractivity contribution is 5.76. The Balaban J connectivity index is 1.59. The molecule has 2 aromatic heterocycles. The van der Waals surface area contributed by atoms with Crippen LogP contribution in [0.5, 0.6) is 5.88 Å². The van der Waals surface area contributed by atoms with Crippen molar-refractivity contribution in [3.63, 3.8) is 0 Å². The smallest absolute Gasteiger partial charge is 0.238 e. The molecule has 0 saturated carbocycles. The second kappa shape index (κ2) is 7.22. The molecular weight excluding hydrogens is 345 g/mol. The van der Waals surface area contributed by atoms with E-state index in [-0.39, 0.29) is 23.9 Å². The summed E-state index contributed by atoms with van der Waals surface area (Å²) in [5, 5.41) is 9.29. The van der Waals surface area contributed by atoms with Crippen LogP contribution < -0.4 is 4.74 Å². The molecule has 0 atom stereocenters. The third-order valence-electron chi connectivity index (χ3n) is 4.05. The average molecular weight is 359 g/mol. The molecule has 0 aliphatic carbocycles. The molecule has 4 rings (SSSR count). The molecule has 0 N–H and O–H groups in total. The lowest BCUT2D eigenvalue weighted by atomic mass is 10.1. The van der Waals surface area contributed by atoms with E-state index in [9.17, 15) is 9.65 Å².